The number of nitrogens with zero attached hydrogens (tertiary/aromatic N) is 2. The smallest absolute Gasteiger partial charge is 0.240 e. The Kier molecular flexibility index (Phi) is 6.94. The van der Waals surface area contributed by atoms with Crippen molar-refractivity contribution in [1.29, 1.82) is 0 Å². The van der Waals surface area contributed by atoms with E-state index in [1.165, 1.54) is 62.6 Å². The second-order valence-electron chi connectivity index (χ2n) is 9.38. The molecule has 0 bridgehead atoms. The molecule has 0 radical (unpaired) electrons. The molecule has 29 heavy (non-hydrogen) atoms. The quantitative estimate of drug-likeness (QED) is 0.736. The summed E-state index contributed by atoms with van der Waals surface area (Å²) in [6, 6.07) is 6.26. The summed E-state index contributed by atoms with van der Waals surface area (Å²) in [6.45, 7) is 4.80. The van der Waals surface area contributed by atoms with Crippen LogP contribution in [0.2, 0.25) is 0 Å². The van der Waals surface area contributed by atoms with Gasteiger partial charge in [0.25, 0.3) is 0 Å². The van der Waals surface area contributed by atoms with Gasteiger partial charge in [0.2, 0.25) is 10.0 Å². The summed E-state index contributed by atoms with van der Waals surface area (Å²) in [4.78, 5) is 5.31. The van der Waals surface area contributed by atoms with E-state index in [1.54, 1.807) is 6.07 Å². The topological polar surface area (TPSA) is 52.7 Å². The van der Waals surface area contributed by atoms with Gasteiger partial charge in [-0.1, -0.05) is 25.3 Å². The van der Waals surface area contributed by atoms with E-state index < -0.39 is 10.0 Å². The van der Waals surface area contributed by atoms with Crippen LogP contribution in [0.1, 0.15) is 62.5 Å². The first kappa shape index (κ1) is 21.3. The zero-order valence-electron chi connectivity index (χ0n) is 17.9. The molecular weight excluding hydrogens is 382 g/mol. The Bertz CT molecular complexity index is 789. The van der Waals surface area contributed by atoms with Crippen LogP contribution in [0, 0.1) is 5.92 Å². The number of likely N-dealkylation sites (tertiary alicyclic amines) is 1. The fourth-order valence-electron chi connectivity index (χ4n) is 5.44. The molecule has 1 N–H and O–H groups in total. The van der Waals surface area contributed by atoms with Crippen LogP contribution in [0.4, 0.5) is 0 Å². The molecule has 0 spiro atoms. The SMILES string of the molecule is CN1CCCC1CCNS(=O)(=O)c1ccc2c(c1)CN(CC1CCCCC1)CC2. The van der Waals surface area contributed by atoms with Gasteiger partial charge in [0.05, 0.1) is 4.90 Å². The van der Waals surface area contributed by atoms with Gasteiger partial charge in [-0.3, -0.25) is 4.90 Å². The highest BCUT2D eigenvalue weighted by Crippen LogP contribution is 2.28. The van der Waals surface area contributed by atoms with Crippen molar-refractivity contribution in [2.75, 3.05) is 33.2 Å². The van der Waals surface area contributed by atoms with Gasteiger partial charge < -0.3 is 4.90 Å². The average Bonchev–Trinajstić information content (AvgIpc) is 3.13. The molecule has 1 aliphatic carbocycles. The van der Waals surface area contributed by atoms with Crippen LogP contribution < -0.4 is 4.72 Å². The molecule has 162 valence electrons. The maximum Gasteiger partial charge on any atom is 0.240 e. The van der Waals surface area contributed by atoms with Crippen LogP contribution in [-0.2, 0) is 23.0 Å². The number of fused-ring (bicyclic) bond motifs is 1. The van der Waals surface area contributed by atoms with Crippen LogP contribution >= 0.6 is 0 Å². The minimum Gasteiger partial charge on any atom is -0.303 e. The Labute approximate surface area is 176 Å². The highest BCUT2D eigenvalue weighted by atomic mass is 32.2. The number of benzene rings is 1. The Hall–Kier alpha value is -0.950. The van der Waals surface area contributed by atoms with Gasteiger partial charge >= 0.3 is 0 Å². The molecule has 6 heteroatoms. The minimum absolute atomic E-state index is 0.426. The van der Waals surface area contributed by atoms with Crippen molar-refractivity contribution in [2.45, 2.75) is 75.3 Å². The Balaban J connectivity index is 1.35. The first-order chi connectivity index (χ1) is 14.0. The molecule has 1 atom stereocenters. The Morgan fingerprint density at radius 2 is 1.86 bits per heavy atom. The molecule has 0 aromatic heterocycles. The lowest BCUT2D eigenvalue weighted by Crippen LogP contribution is -2.35. The van der Waals surface area contributed by atoms with Crippen molar-refractivity contribution in [3.05, 3.63) is 29.3 Å². The van der Waals surface area contributed by atoms with E-state index in [2.05, 4.69) is 21.6 Å². The van der Waals surface area contributed by atoms with E-state index in [0.29, 0.717) is 17.5 Å². The second kappa shape index (κ2) is 9.46. The zero-order valence-corrected chi connectivity index (χ0v) is 18.7. The molecule has 2 heterocycles. The molecule has 0 amide bonds. The average molecular weight is 420 g/mol. The molecule has 2 fully saturated rings. The fraction of sp³-hybridized carbons (Fsp3) is 0.739. The first-order valence-electron chi connectivity index (χ1n) is 11.6. The second-order valence-corrected chi connectivity index (χ2v) is 11.1. The van der Waals surface area contributed by atoms with Crippen LogP contribution in [0.5, 0.6) is 0 Å². The predicted molar refractivity (Wildman–Crippen MR) is 117 cm³/mol. The van der Waals surface area contributed by atoms with Crippen molar-refractivity contribution < 1.29 is 8.42 Å². The summed E-state index contributed by atoms with van der Waals surface area (Å²) in [5.41, 5.74) is 2.52. The Morgan fingerprint density at radius 3 is 2.62 bits per heavy atom. The van der Waals surface area contributed by atoms with Crippen LogP contribution in [-0.4, -0.2) is 57.5 Å². The molecule has 1 saturated carbocycles. The maximum atomic E-state index is 12.8. The normalized spacial score (nSPS) is 24.7. The molecule has 3 aliphatic rings. The lowest BCUT2D eigenvalue weighted by molar-refractivity contribution is 0.187. The minimum atomic E-state index is -3.43. The van der Waals surface area contributed by atoms with Gasteiger partial charge in [-0.2, -0.15) is 0 Å². The number of sulfonamides is 1. The summed E-state index contributed by atoms with van der Waals surface area (Å²) in [6.07, 6.45) is 11.2. The van der Waals surface area contributed by atoms with E-state index in [4.69, 9.17) is 0 Å². The maximum absolute atomic E-state index is 12.8. The standard InChI is InChI=1S/C23H37N3O2S/c1-25-14-5-8-22(25)11-13-24-29(27,28)23-10-9-20-12-15-26(18-21(20)16-23)17-19-6-3-2-4-7-19/h9-10,16,19,22,24H,2-8,11-15,17-18H2,1H3. The highest BCUT2D eigenvalue weighted by molar-refractivity contribution is 7.89. The van der Waals surface area contributed by atoms with Gasteiger partial charge in [0.15, 0.2) is 0 Å². The number of rotatable bonds is 7. The van der Waals surface area contributed by atoms with Gasteiger partial charge in [0, 0.05) is 32.2 Å². The molecular formula is C23H37N3O2S. The largest absolute Gasteiger partial charge is 0.303 e. The van der Waals surface area contributed by atoms with Crippen LogP contribution in [0.25, 0.3) is 0 Å². The van der Waals surface area contributed by atoms with Gasteiger partial charge in [-0.25, -0.2) is 13.1 Å². The summed E-state index contributed by atoms with van der Waals surface area (Å²) < 4.78 is 28.5. The molecule has 1 aromatic rings. The summed E-state index contributed by atoms with van der Waals surface area (Å²) in [5.74, 6) is 0.826. The van der Waals surface area contributed by atoms with Crippen LogP contribution in [0.15, 0.2) is 23.1 Å². The number of nitrogens with one attached hydrogen (secondary N) is 1. The van der Waals surface area contributed by atoms with E-state index >= 15 is 0 Å². The summed E-state index contributed by atoms with van der Waals surface area (Å²) in [5, 5.41) is 0. The highest BCUT2D eigenvalue weighted by Gasteiger charge is 2.24. The molecule has 5 nitrogen and oxygen atoms in total. The zero-order chi connectivity index (χ0) is 20.3. The van der Waals surface area contributed by atoms with Crippen LogP contribution in [0.3, 0.4) is 0 Å². The predicted octanol–water partition coefficient (Wildman–Crippen LogP) is 3.39. The van der Waals surface area contributed by atoms with Gasteiger partial charge in [-0.05, 0) is 81.3 Å². The monoisotopic (exact) mass is 419 g/mol. The number of hydrogen-bond acceptors (Lipinski definition) is 4. The van der Waals surface area contributed by atoms with Crippen molar-refractivity contribution in [3.63, 3.8) is 0 Å². The lowest BCUT2D eigenvalue weighted by atomic mass is 9.88. The van der Waals surface area contributed by atoms with Crippen molar-refractivity contribution in [1.82, 2.24) is 14.5 Å². The fourth-order valence-corrected chi connectivity index (χ4v) is 6.53. The van der Waals surface area contributed by atoms with Crippen molar-refractivity contribution in [2.24, 2.45) is 5.92 Å². The first-order valence-corrected chi connectivity index (χ1v) is 13.0. The molecule has 1 unspecified atom stereocenters. The van der Waals surface area contributed by atoms with Gasteiger partial charge in [-0.15, -0.1) is 0 Å². The van der Waals surface area contributed by atoms with Gasteiger partial charge in [0.1, 0.15) is 0 Å². The van der Waals surface area contributed by atoms with E-state index in [1.807, 2.05) is 12.1 Å². The van der Waals surface area contributed by atoms with E-state index in [9.17, 15) is 8.42 Å². The third kappa shape index (κ3) is 5.40. The lowest BCUT2D eigenvalue weighted by Gasteiger charge is -2.33. The van der Waals surface area contributed by atoms with Crippen molar-refractivity contribution >= 4 is 10.0 Å². The third-order valence-corrected chi connectivity index (χ3v) is 8.72. The third-order valence-electron chi connectivity index (χ3n) is 7.26. The Morgan fingerprint density at radius 1 is 1.03 bits per heavy atom. The molecule has 1 saturated heterocycles. The summed E-state index contributed by atoms with van der Waals surface area (Å²) >= 11 is 0. The van der Waals surface area contributed by atoms with E-state index in [0.717, 1.165) is 38.4 Å². The molecule has 1 aromatic carbocycles. The summed E-state index contributed by atoms with van der Waals surface area (Å²) in [7, 11) is -1.30. The van der Waals surface area contributed by atoms with E-state index in [-0.39, 0.29) is 0 Å². The number of hydrogen-bond donors (Lipinski definition) is 1. The van der Waals surface area contributed by atoms with Crippen molar-refractivity contribution in [3.8, 4) is 0 Å². The molecule has 2 aliphatic heterocycles. The molecule has 4 rings (SSSR count).